The van der Waals surface area contributed by atoms with Gasteiger partial charge in [-0.2, -0.15) is 0 Å². The van der Waals surface area contributed by atoms with Crippen molar-refractivity contribution in [3.8, 4) is 5.88 Å². The summed E-state index contributed by atoms with van der Waals surface area (Å²) in [7, 11) is 1.59. The Morgan fingerprint density at radius 1 is 1.18 bits per heavy atom. The Bertz CT molecular complexity index is 1040. The summed E-state index contributed by atoms with van der Waals surface area (Å²) in [4.78, 5) is 19.7. The summed E-state index contributed by atoms with van der Waals surface area (Å²) in [5, 5.41) is 8.65. The van der Waals surface area contributed by atoms with Crippen molar-refractivity contribution in [2.75, 3.05) is 20.2 Å². The number of hydrogen-bond donors (Lipinski definition) is 0. The molecule has 7 heteroatoms. The molecule has 1 fully saturated rings. The lowest BCUT2D eigenvalue weighted by molar-refractivity contribution is 0.0706. The van der Waals surface area contributed by atoms with Gasteiger partial charge in [0.2, 0.25) is 5.88 Å². The summed E-state index contributed by atoms with van der Waals surface area (Å²) >= 11 is 0. The molecule has 1 aliphatic heterocycles. The van der Waals surface area contributed by atoms with Crippen molar-refractivity contribution in [1.82, 2.24) is 24.5 Å². The second-order valence-electron chi connectivity index (χ2n) is 7.56. The van der Waals surface area contributed by atoms with E-state index in [0.717, 1.165) is 49.3 Å². The van der Waals surface area contributed by atoms with Crippen LogP contribution in [0, 0.1) is 0 Å². The molecule has 1 aliphatic carbocycles. The Hall–Kier alpha value is -2.96. The minimum absolute atomic E-state index is 0.0172. The summed E-state index contributed by atoms with van der Waals surface area (Å²) in [5.74, 6) is 1.76. The van der Waals surface area contributed by atoms with E-state index in [1.165, 1.54) is 5.56 Å². The number of ether oxygens (including phenoxy) is 1. The molecule has 0 unspecified atom stereocenters. The molecule has 28 heavy (non-hydrogen) atoms. The number of rotatable bonds is 3. The monoisotopic (exact) mass is 377 g/mol. The third-order valence-corrected chi connectivity index (χ3v) is 5.93. The van der Waals surface area contributed by atoms with Gasteiger partial charge in [-0.05, 0) is 55.9 Å². The molecular weight excluding hydrogens is 354 g/mol. The second-order valence-corrected chi connectivity index (χ2v) is 7.56. The first kappa shape index (κ1) is 17.2. The summed E-state index contributed by atoms with van der Waals surface area (Å²) in [5.41, 5.74) is 3.72. The van der Waals surface area contributed by atoms with E-state index in [9.17, 15) is 4.79 Å². The van der Waals surface area contributed by atoms with Gasteiger partial charge in [0.1, 0.15) is 11.4 Å². The average Bonchev–Trinajstić information content (AvgIpc) is 3.38. The molecule has 1 amide bonds. The van der Waals surface area contributed by atoms with Gasteiger partial charge in [-0.3, -0.25) is 9.20 Å². The van der Waals surface area contributed by atoms with Crippen LogP contribution >= 0.6 is 0 Å². The first-order chi connectivity index (χ1) is 13.7. The quantitative estimate of drug-likeness (QED) is 0.702. The fourth-order valence-corrected chi connectivity index (χ4v) is 4.41. The van der Waals surface area contributed by atoms with E-state index in [1.54, 1.807) is 7.11 Å². The third-order valence-electron chi connectivity index (χ3n) is 5.93. The summed E-state index contributed by atoms with van der Waals surface area (Å²) in [6.07, 6.45) is 6.82. The Balaban J connectivity index is 1.34. The van der Waals surface area contributed by atoms with Gasteiger partial charge >= 0.3 is 0 Å². The molecule has 1 saturated heterocycles. The lowest BCUT2D eigenvalue weighted by atomic mass is 9.95. The van der Waals surface area contributed by atoms with Crippen LogP contribution in [0.25, 0.3) is 5.65 Å². The third kappa shape index (κ3) is 2.82. The highest BCUT2D eigenvalue weighted by atomic mass is 16.5. The van der Waals surface area contributed by atoms with Crippen molar-refractivity contribution in [3.05, 3.63) is 53.1 Å². The first-order valence-electron chi connectivity index (χ1n) is 9.90. The molecule has 0 aromatic carbocycles. The number of methoxy groups -OCH3 is 1. The van der Waals surface area contributed by atoms with Gasteiger partial charge in [0.05, 0.1) is 7.11 Å². The van der Waals surface area contributed by atoms with Crippen LogP contribution in [0.3, 0.4) is 0 Å². The highest BCUT2D eigenvalue weighted by Crippen LogP contribution is 2.31. The van der Waals surface area contributed by atoms with Gasteiger partial charge in [-0.25, -0.2) is 4.98 Å². The van der Waals surface area contributed by atoms with Gasteiger partial charge in [0, 0.05) is 30.9 Å². The number of piperidine rings is 1. The van der Waals surface area contributed by atoms with Gasteiger partial charge in [0.15, 0.2) is 5.65 Å². The van der Waals surface area contributed by atoms with Crippen LogP contribution in [0.5, 0.6) is 5.88 Å². The zero-order chi connectivity index (χ0) is 19.1. The normalized spacial score (nSPS) is 17.1. The summed E-state index contributed by atoms with van der Waals surface area (Å²) < 4.78 is 7.48. The number of fused-ring (bicyclic) bond motifs is 2. The molecule has 3 aromatic rings. The minimum atomic E-state index is 0.0172. The van der Waals surface area contributed by atoms with E-state index in [4.69, 9.17) is 4.74 Å². The number of likely N-dealkylation sites (tertiary alicyclic amines) is 1. The maximum atomic E-state index is 13.2. The van der Waals surface area contributed by atoms with Gasteiger partial charge < -0.3 is 9.64 Å². The standard InChI is InChI=1S/C21H23N5O2/c1-28-20-16(13-15-5-4-6-17(15)22-20)21(27)25-11-8-14(9-12-25)19-24-23-18-7-2-3-10-26(18)19/h2-3,7,10,13-14H,4-6,8-9,11-12H2,1H3. The van der Waals surface area contributed by atoms with Crippen molar-refractivity contribution in [3.63, 3.8) is 0 Å². The Morgan fingerprint density at radius 3 is 2.86 bits per heavy atom. The number of hydrogen-bond acceptors (Lipinski definition) is 5. The number of aryl methyl sites for hydroxylation is 2. The molecule has 7 nitrogen and oxygen atoms in total. The smallest absolute Gasteiger partial charge is 0.259 e. The molecule has 144 valence electrons. The van der Waals surface area contributed by atoms with E-state index in [-0.39, 0.29) is 5.91 Å². The van der Waals surface area contributed by atoms with E-state index >= 15 is 0 Å². The molecule has 0 spiro atoms. The maximum absolute atomic E-state index is 13.2. The molecule has 4 heterocycles. The molecule has 5 rings (SSSR count). The van der Waals surface area contributed by atoms with Crippen LogP contribution in [0.1, 0.15) is 52.6 Å². The van der Waals surface area contributed by atoms with Gasteiger partial charge in [-0.15, -0.1) is 10.2 Å². The van der Waals surface area contributed by atoms with Crippen LogP contribution < -0.4 is 4.74 Å². The van der Waals surface area contributed by atoms with Gasteiger partial charge in [0.25, 0.3) is 5.91 Å². The molecule has 0 bridgehead atoms. The van der Waals surface area contributed by atoms with Crippen molar-refractivity contribution >= 4 is 11.6 Å². The lowest BCUT2D eigenvalue weighted by Crippen LogP contribution is -2.38. The van der Waals surface area contributed by atoms with Crippen LogP contribution in [0.2, 0.25) is 0 Å². The number of nitrogens with zero attached hydrogens (tertiary/aromatic N) is 5. The van der Waals surface area contributed by atoms with E-state index in [2.05, 4.69) is 19.6 Å². The van der Waals surface area contributed by atoms with E-state index in [1.807, 2.05) is 35.4 Å². The summed E-state index contributed by atoms with van der Waals surface area (Å²) in [6, 6.07) is 7.91. The predicted molar refractivity (Wildman–Crippen MR) is 104 cm³/mol. The van der Waals surface area contributed by atoms with Crippen LogP contribution in [-0.4, -0.2) is 50.6 Å². The maximum Gasteiger partial charge on any atom is 0.259 e. The predicted octanol–water partition coefficient (Wildman–Crippen LogP) is 2.64. The Morgan fingerprint density at radius 2 is 2.04 bits per heavy atom. The first-order valence-corrected chi connectivity index (χ1v) is 9.90. The molecule has 2 aliphatic rings. The van der Waals surface area contributed by atoms with Crippen molar-refractivity contribution in [1.29, 1.82) is 0 Å². The molecule has 0 saturated carbocycles. The van der Waals surface area contributed by atoms with Crippen molar-refractivity contribution < 1.29 is 9.53 Å². The Labute approximate surface area is 163 Å². The molecule has 0 N–H and O–H groups in total. The average molecular weight is 377 g/mol. The second kappa shape index (κ2) is 6.89. The molecule has 3 aromatic heterocycles. The van der Waals surface area contributed by atoms with Crippen LogP contribution in [-0.2, 0) is 12.8 Å². The van der Waals surface area contributed by atoms with E-state index in [0.29, 0.717) is 30.5 Å². The zero-order valence-electron chi connectivity index (χ0n) is 16.0. The molecule has 0 radical (unpaired) electrons. The number of carbonyl (C=O) groups excluding carboxylic acids is 1. The van der Waals surface area contributed by atoms with Crippen LogP contribution in [0.15, 0.2) is 30.5 Å². The number of pyridine rings is 2. The lowest BCUT2D eigenvalue weighted by Gasteiger charge is -2.31. The molecule has 0 atom stereocenters. The number of amides is 1. The van der Waals surface area contributed by atoms with Gasteiger partial charge in [-0.1, -0.05) is 6.07 Å². The SMILES string of the molecule is COc1nc2c(cc1C(=O)N1CCC(c3nnc4ccccn34)CC1)CCC2. The minimum Gasteiger partial charge on any atom is -0.480 e. The Kier molecular flexibility index (Phi) is 4.22. The number of aromatic nitrogens is 4. The topological polar surface area (TPSA) is 72.6 Å². The fourth-order valence-electron chi connectivity index (χ4n) is 4.41. The van der Waals surface area contributed by atoms with Crippen LogP contribution in [0.4, 0.5) is 0 Å². The number of carbonyl (C=O) groups is 1. The fraction of sp³-hybridized carbons (Fsp3) is 0.429. The summed E-state index contributed by atoms with van der Waals surface area (Å²) in [6.45, 7) is 1.40. The largest absolute Gasteiger partial charge is 0.480 e. The highest BCUT2D eigenvalue weighted by Gasteiger charge is 2.30. The van der Waals surface area contributed by atoms with E-state index < -0.39 is 0 Å². The highest BCUT2D eigenvalue weighted by molar-refractivity contribution is 5.96. The van der Waals surface area contributed by atoms with Crippen molar-refractivity contribution in [2.45, 2.75) is 38.0 Å². The zero-order valence-corrected chi connectivity index (χ0v) is 16.0. The van der Waals surface area contributed by atoms with Crippen molar-refractivity contribution in [2.24, 2.45) is 0 Å². The molecular formula is C21H23N5O2.